The summed E-state index contributed by atoms with van der Waals surface area (Å²) >= 11 is 0. The molecule has 0 spiro atoms. The molecule has 0 bridgehead atoms. The third-order valence-electron chi connectivity index (χ3n) is 3.46. The molecule has 0 aliphatic rings. The molecule has 0 aliphatic heterocycles. The standard InChI is InChI=1S/C13H26N4/c1-5-11(4)8-12(6-2)14-9-13-16-15-10-17(13)7-3/h10-12,14H,5-9H2,1-4H3. The maximum absolute atomic E-state index is 4.14. The van der Waals surface area contributed by atoms with Crippen molar-refractivity contribution in [2.75, 3.05) is 0 Å². The lowest BCUT2D eigenvalue weighted by Gasteiger charge is -2.20. The number of rotatable bonds is 8. The lowest BCUT2D eigenvalue weighted by molar-refractivity contribution is 0.378. The number of aromatic nitrogens is 3. The molecule has 0 saturated carbocycles. The quantitative estimate of drug-likeness (QED) is 0.757. The molecule has 1 N–H and O–H groups in total. The summed E-state index contributed by atoms with van der Waals surface area (Å²) in [5.41, 5.74) is 0. The van der Waals surface area contributed by atoms with Gasteiger partial charge in [0.05, 0.1) is 6.54 Å². The Hall–Kier alpha value is -0.900. The molecule has 0 aromatic carbocycles. The van der Waals surface area contributed by atoms with Gasteiger partial charge in [-0.3, -0.25) is 0 Å². The van der Waals surface area contributed by atoms with Crippen LogP contribution in [0.1, 0.15) is 52.8 Å². The molecular formula is C13H26N4. The van der Waals surface area contributed by atoms with Gasteiger partial charge in [0.2, 0.25) is 0 Å². The molecule has 1 heterocycles. The fraction of sp³-hybridized carbons (Fsp3) is 0.846. The zero-order chi connectivity index (χ0) is 12.7. The lowest BCUT2D eigenvalue weighted by atomic mass is 9.98. The van der Waals surface area contributed by atoms with Gasteiger partial charge in [0.15, 0.2) is 0 Å². The fourth-order valence-corrected chi connectivity index (χ4v) is 1.96. The summed E-state index contributed by atoms with van der Waals surface area (Å²) in [5.74, 6) is 1.83. The molecule has 1 aromatic heterocycles. The number of nitrogens with one attached hydrogen (secondary N) is 1. The van der Waals surface area contributed by atoms with Crippen LogP contribution in [0.25, 0.3) is 0 Å². The summed E-state index contributed by atoms with van der Waals surface area (Å²) in [6.45, 7) is 10.7. The molecule has 98 valence electrons. The van der Waals surface area contributed by atoms with Crippen molar-refractivity contribution in [1.29, 1.82) is 0 Å². The monoisotopic (exact) mass is 238 g/mol. The Morgan fingerprint density at radius 1 is 1.29 bits per heavy atom. The summed E-state index contributed by atoms with van der Waals surface area (Å²) in [6, 6.07) is 0.590. The van der Waals surface area contributed by atoms with Crippen LogP contribution in [-0.2, 0) is 13.1 Å². The normalized spacial score (nSPS) is 14.8. The highest BCUT2D eigenvalue weighted by Gasteiger charge is 2.11. The Labute approximate surface area is 105 Å². The lowest BCUT2D eigenvalue weighted by Crippen LogP contribution is -2.30. The van der Waals surface area contributed by atoms with Gasteiger partial charge < -0.3 is 9.88 Å². The van der Waals surface area contributed by atoms with Crippen molar-refractivity contribution < 1.29 is 0 Å². The number of nitrogens with zero attached hydrogens (tertiary/aromatic N) is 3. The van der Waals surface area contributed by atoms with E-state index >= 15 is 0 Å². The number of hydrogen-bond acceptors (Lipinski definition) is 3. The van der Waals surface area contributed by atoms with E-state index in [1.807, 2.05) is 0 Å². The highest BCUT2D eigenvalue weighted by atomic mass is 15.3. The predicted octanol–water partition coefficient (Wildman–Crippen LogP) is 2.60. The van der Waals surface area contributed by atoms with Gasteiger partial charge in [-0.2, -0.15) is 0 Å². The Morgan fingerprint density at radius 2 is 2.06 bits per heavy atom. The topological polar surface area (TPSA) is 42.7 Å². The molecule has 0 aliphatic carbocycles. The van der Waals surface area contributed by atoms with Gasteiger partial charge in [-0.15, -0.1) is 10.2 Å². The average molecular weight is 238 g/mol. The van der Waals surface area contributed by atoms with Crippen LogP contribution in [0.4, 0.5) is 0 Å². The van der Waals surface area contributed by atoms with E-state index in [0.29, 0.717) is 6.04 Å². The smallest absolute Gasteiger partial charge is 0.146 e. The minimum Gasteiger partial charge on any atom is -0.317 e. The van der Waals surface area contributed by atoms with Crippen LogP contribution in [0.5, 0.6) is 0 Å². The molecular weight excluding hydrogens is 212 g/mol. The molecule has 0 radical (unpaired) electrons. The molecule has 17 heavy (non-hydrogen) atoms. The summed E-state index contributed by atoms with van der Waals surface area (Å²) in [5, 5.41) is 11.7. The van der Waals surface area contributed by atoms with E-state index in [1.165, 1.54) is 19.3 Å². The van der Waals surface area contributed by atoms with Crippen LogP contribution in [0.2, 0.25) is 0 Å². The first kappa shape index (κ1) is 14.2. The fourth-order valence-electron chi connectivity index (χ4n) is 1.96. The minimum atomic E-state index is 0.590. The highest BCUT2D eigenvalue weighted by Crippen LogP contribution is 2.12. The van der Waals surface area contributed by atoms with E-state index in [4.69, 9.17) is 0 Å². The van der Waals surface area contributed by atoms with E-state index in [9.17, 15) is 0 Å². The number of hydrogen-bond donors (Lipinski definition) is 1. The summed E-state index contributed by atoms with van der Waals surface area (Å²) in [4.78, 5) is 0. The highest BCUT2D eigenvalue weighted by molar-refractivity contribution is 4.85. The second kappa shape index (κ2) is 7.43. The van der Waals surface area contributed by atoms with Gasteiger partial charge in [0.25, 0.3) is 0 Å². The van der Waals surface area contributed by atoms with Crippen LogP contribution >= 0.6 is 0 Å². The van der Waals surface area contributed by atoms with E-state index in [1.54, 1.807) is 6.33 Å². The molecule has 4 heteroatoms. The Bertz CT molecular complexity index is 308. The first-order valence-corrected chi connectivity index (χ1v) is 6.81. The van der Waals surface area contributed by atoms with Crippen molar-refractivity contribution in [3.63, 3.8) is 0 Å². The third-order valence-corrected chi connectivity index (χ3v) is 3.46. The van der Waals surface area contributed by atoms with Gasteiger partial charge in [-0.05, 0) is 25.7 Å². The first-order valence-electron chi connectivity index (χ1n) is 6.81. The van der Waals surface area contributed by atoms with Crippen molar-refractivity contribution >= 4 is 0 Å². The Morgan fingerprint density at radius 3 is 2.65 bits per heavy atom. The second-order valence-corrected chi connectivity index (χ2v) is 4.77. The van der Waals surface area contributed by atoms with Crippen molar-refractivity contribution in [1.82, 2.24) is 20.1 Å². The molecule has 2 atom stereocenters. The van der Waals surface area contributed by atoms with Gasteiger partial charge in [0.1, 0.15) is 12.2 Å². The van der Waals surface area contributed by atoms with Gasteiger partial charge in [-0.1, -0.05) is 27.2 Å². The predicted molar refractivity (Wildman–Crippen MR) is 70.7 cm³/mol. The van der Waals surface area contributed by atoms with Crippen LogP contribution in [0, 0.1) is 5.92 Å². The van der Waals surface area contributed by atoms with Gasteiger partial charge in [0, 0.05) is 12.6 Å². The summed E-state index contributed by atoms with van der Waals surface area (Å²) < 4.78 is 2.09. The van der Waals surface area contributed by atoms with Crippen molar-refractivity contribution in [3.05, 3.63) is 12.2 Å². The Balaban J connectivity index is 2.42. The third kappa shape index (κ3) is 4.46. The molecule has 0 fully saturated rings. The number of aryl methyl sites for hydroxylation is 1. The average Bonchev–Trinajstić information content (AvgIpc) is 2.81. The summed E-state index contributed by atoms with van der Waals surface area (Å²) in [7, 11) is 0. The molecule has 1 rings (SSSR count). The van der Waals surface area contributed by atoms with E-state index in [2.05, 4.69) is 47.8 Å². The van der Waals surface area contributed by atoms with Crippen LogP contribution in [-0.4, -0.2) is 20.8 Å². The zero-order valence-corrected chi connectivity index (χ0v) is 11.6. The molecule has 0 saturated heterocycles. The maximum atomic E-state index is 4.14. The maximum Gasteiger partial charge on any atom is 0.146 e. The van der Waals surface area contributed by atoms with E-state index in [-0.39, 0.29) is 0 Å². The largest absolute Gasteiger partial charge is 0.317 e. The summed E-state index contributed by atoms with van der Waals surface area (Å²) in [6.07, 6.45) is 5.47. The molecule has 2 unspecified atom stereocenters. The zero-order valence-electron chi connectivity index (χ0n) is 11.6. The van der Waals surface area contributed by atoms with Crippen molar-refractivity contribution in [2.24, 2.45) is 5.92 Å². The second-order valence-electron chi connectivity index (χ2n) is 4.77. The van der Waals surface area contributed by atoms with Gasteiger partial charge in [-0.25, -0.2) is 0 Å². The van der Waals surface area contributed by atoms with Crippen LogP contribution in [0.15, 0.2) is 6.33 Å². The Kier molecular flexibility index (Phi) is 6.19. The van der Waals surface area contributed by atoms with Crippen LogP contribution in [0.3, 0.4) is 0 Å². The van der Waals surface area contributed by atoms with E-state index in [0.717, 1.165) is 24.8 Å². The van der Waals surface area contributed by atoms with Gasteiger partial charge >= 0.3 is 0 Å². The van der Waals surface area contributed by atoms with E-state index < -0.39 is 0 Å². The minimum absolute atomic E-state index is 0.590. The van der Waals surface area contributed by atoms with Crippen molar-refractivity contribution in [3.8, 4) is 0 Å². The molecule has 0 amide bonds. The van der Waals surface area contributed by atoms with Crippen molar-refractivity contribution in [2.45, 2.75) is 66.1 Å². The molecule has 4 nitrogen and oxygen atoms in total. The first-order chi connectivity index (χ1) is 8.21. The molecule has 1 aromatic rings. The SMILES string of the molecule is CCC(C)CC(CC)NCc1nncn1CC. The van der Waals surface area contributed by atoms with Crippen LogP contribution < -0.4 is 5.32 Å².